The van der Waals surface area contributed by atoms with E-state index in [2.05, 4.69) is 25.6 Å². The van der Waals surface area contributed by atoms with Crippen molar-refractivity contribution in [2.24, 2.45) is 0 Å². The lowest BCUT2D eigenvalue weighted by Crippen LogP contribution is -2.33. The predicted octanol–water partition coefficient (Wildman–Crippen LogP) is 5.69. The Morgan fingerprint density at radius 2 is 1.88 bits per heavy atom. The van der Waals surface area contributed by atoms with Crippen LogP contribution >= 0.6 is 22.7 Å². The zero-order chi connectivity index (χ0) is 40.1. The van der Waals surface area contributed by atoms with Gasteiger partial charge in [0, 0.05) is 42.5 Å². The second-order valence-corrected chi connectivity index (χ2v) is 16.9. The van der Waals surface area contributed by atoms with E-state index < -0.39 is 25.7 Å². The molecular weight excluding hydrogens is 791 g/mol. The average molecular weight is 829 g/mol. The Balaban J connectivity index is 1.02. The minimum Gasteiger partial charge on any atom is -0.491 e. The Kier molecular flexibility index (Phi) is 11.7. The summed E-state index contributed by atoms with van der Waals surface area (Å²) in [5.41, 5.74) is 2.72. The number of anilines is 3. The van der Waals surface area contributed by atoms with Gasteiger partial charge < -0.3 is 19.9 Å². The van der Waals surface area contributed by atoms with Gasteiger partial charge in [0.05, 0.1) is 26.1 Å². The number of aromatic nitrogens is 3. The number of hydrogen-bond acceptors (Lipinski definition) is 14. The third-order valence-corrected chi connectivity index (χ3v) is 12.3. The molecule has 3 aromatic heterocycles. The summed E-state index contributed by atoms with van der Waals surface area (Å²) in [6.07, 6.45) is 4.55. The molecule has 57 heavy (non-hydrogen) atoms. The minimum absolute atomic E-state index is 0.131. The largest absolute Gasteiger partial charge is 0.491 e. The maximum absolute atomic E-state index is 13.5. The van der Waals surface area contributed by atoms with Crippen molar-refractivity contribution in [1.29, 1.82) is 0 Å². The molecule has 0 saturated heterocycles. The molecule has 0 spiro atoms. The highest BCUT2D eigenvalue weighted by Gasteiger charge is 2.29. The summed E-state index contributed by atoms with van der Waals surface area (Å²) in [4.78, 5) is 55.1. The van der Waals surface area contributed by atoms with Crippen molar-refractivity contribution in [3.8, 4) is 5.75 Å². The Hall–Kier alpha value is -6.02. The predicted molar refractivity (Wildman–Crippen MR) is 217 cm³/mol. The number of thiazole rings is 2. The number of hydrogen-bond donors (Lipinski definition) is 4. The third kappa shape index (κ3) is 9.34. The summed E-state index contributed by atoms with van der Waals surface area (Å²) in [6.45, 7) is 1.78. The molecular formula is C38H38N9O7S3+. The van der Waals surface area contributed by atoms with Gasteiger partial charge in [-0.3, -0.25) is 19.9 Å². The number of para-hydroxylation sites is 1. The lowest BCUT2D eigenvalue weighted by Gasteiger charge is -2.29. The van der Waals surface area contributed by atoms with Gasteiger partial charge in [-0.2, -0.15) is 0 Å². The molecule has 0 bridgehead atoms. The number of pyridine rings is 1. The van der Waals surface area contributed by atoms with E-state index in [0.717, 1.165) is 38.7 Å². The molecule has 1 aliphatic rings. The molecule has 0 unspecified atom stereocenters. The van der Waals surface area contributed by atoms with E-state index in [4.69, 9.17) is 4.74 Å². The number of nitrogens with one attached hydrogen (secondary N) is 3. The summed E-state index contributed by atoms with van der Waals surface area (Å²) < 4.78 is 35.7. The van der Waals surface area contributed by atoms with Gasteiger partial charge in [0.2, 0.25) is 0 Å². The molecule has 1 aliphatic heterocycles. The van der Waals surface area contributed by atoms with Crippen LogP contribution in [-0.4, -0.2) is 90.0 Å². The molecule has 2 amide bonds. The van der Waals surface area contributed by atoms with E-state index in [1.807, 2.05) is 71.1 Å². The quantitative estimate of drug-likeness (QED) is 0.0922. The van der Waals surface area contributed by atoms with Crippen molar-refractivity contribution < 1.29 is 32.9 Å². The Morgan fingerprint density at radius 1 is 1.05 bits per heavy atom. The van der Waals surface area contributed by atoms with Crippen molar-refractivity contribution in [3.05, 3.63) is 118 Å². The number of amides is 2. The van der Waals surface area contributed by atoms with Crippen molar-refractivity contribution in [1.82, 2.24) is 24.6 Å². The smallest absolute Gasteiger partial charge is 0.340 e. The van der Waals surface area contributed by atoms with Gasteiger partial charge in [-0.1, -0.05) is 41.7 Å². The summed E-state index contributed by atoms with van der Waals surface area (Å²) in [7, 11) is -0.678. The first kappa shape index (κ1) is 39.2. The lowest BCUT2D eigenvalue weighted by atomic mass is 9.94. The van der Waals surface area contributed by atoms with E-state index in [9.17, 15) is 28.1 Å². The number of carbonyl (C=O) groups is 2. The van der Waals surface area contributed by atoms with Crippen LogP contribution in [0.4, 0.5) is 21.6 Å². The average Bonchev–Trinajstić information content (AvgIpc) is 3.86. The number of nitrogens with zero attached hydrogens (tertiary/aromatic N) is 6. The standard InChI is InChI=1S/C38H37N9O7S3/c1-45(2)17-15-25(22-54-26-8-4-3-5-9-26)40-30-12-11-27(19-33(30)47(50)51)57(52,53)44-36(49)32-23-55-38(42-32)46-18-14-24-7-6-10-28(29(24)21-46)35(48)43-37-41-31-13-16-39-20-34(31)56-37/h3-13,16,19-20,23,25,40H,14-15,17-18,21-22H2,1-2H3,(H2-,39,41,43,44,48,49,50,51)/p+1/t25-/m1/s1. The van der Waals surface area contributed by atoms with Crippen molar-refractivity contribution in [3.63, 3.8) is 0 Å². The van der Waals surface area contributed by atoms with E-state index >= 15 is 0 Å². The second kappa shape index (κ2) is 17.0. The normalized spacial score (nSPS) is 13.2. The van der Waals surface area contributed by atoms with Gasteiger partial charge >= 0.3 is 5.69 Å². The van der Waals surface area contributed by atoms with Gasteiger partial charge in [-0.15, -0.1) is 11.3 Å². The van der Waals surface area contributed by atoms with Gasteiger partial charge in [-0.05, 0) is 81.0 Å². The molecule has 0 saturated carbocycles. The van der Waals surface area contributed by atoms with Crippen LogP contribution in [0.5, 0.6) is 5.75 Å². The van der Waals surface area contributed by atoms with Crippen LogP contribution in [0, 0.1) is 4.91 Å². The van der Waals surface area contributed by atoms with Crippen LogP contribution in [0.2, 0.25) is 0 Å². The molecule has 0 radical (unpaired) electrons. The Morgan fingerprint density at radius 3 is 2.65 bits per heavy atom. The van der Waals surface area contributed by atoms with Crippen LogP contribution < -0.4 is 25.0 Å². The second-order valence-electron chi connectivity index (χ2n) is 13.4. The van der Waals surface area contributed by atoms with E-state index in [-0.39, 0.29) is 35.6 Å². The van der Waals surface area contributed by atoms with Crippen LogP contribution in [0.3, 0.4) is 0 Å². The number of fused-ring (bicyclic) bond motifs is 2. The molecule has 4 N–H and O–H groups in total. The summed E-state index contributed by atoms with van der Waals surface area (Å²) >= 11 is 2.49. The summed E-state index contributed by atoms with van der Waals surface area (Å²) in [5.74, 6) is -0.629. The molecule has 0 aliphatic carbocycles. The van der Waals surface area contributed by atoms with Crippen molar-refractivity contribution >= 4 is 76.4 Å². The molecule has 294 valence electrons. The van der Waals surface area contributed by atoms with E-state index in [0.29, 0.717) is 54.1 Å². The first-order valence-corrected chi connectivity index (χ1v) is 20.9. The zero-order valence-corrected chi connectivity index (χ0v) is 33.2. The van der Waals surface area contributed by atoms with Gasteiger partial charge in [0.1, 0.15) is 23.7 Å². The first-order chi connectivity index (χ1) is 27.4. The van der Waals surface area contributed by atoms with Crippen LogP contribution in [0.15, 0.2) is 95.5 Å². The minimum atomic E-state index is -4.52. The highest BCUT2D eigenvalue weighted by molar-refractivity contribution is 7.90. The number of sulfonamides is 1. The Bertz CT molecular complexity index is 2510. The molecule has 0 fully saturated rings. The summed E-state index contributed by atoms with van der Waals surface area (Å²) in [6, 6.07) is 19.8. The highest BCUT2D eigenvalue weighted by Crippen LogP contribution is 2.32. The number of carbonyl (C=O) groups excluding carboxylic acids is 2. The van der Waals surface area contributed by atoms with Crippen LogP contribution in [0.25, 0.3) is 10.2 Å². The fourth-order valence-corrected chi connectivity index (χ4v) is 8.85. The molecule has 6 aromatic rings. The van der Waals surface area contributed by atoms with Gasteiger partial charge in [0.25, 0.3) is 26.8 Å². The number of rotatable bonds is 15. The zero-order valence-electron chi connectivity index (χ0n) is 30.8. The number of ether oxygens (including phenoxy) is 1. The van der Waals surface area contributed by atoms with Crippen molar-refractivity contribution in [2.45, 2.75) is 30.3 Å². The Labute approximate surface area is 335 Å². The molecule has 19 heteroatoms. The molecule has 7 rings (SSSR count). The van der Waals surface area contributed by atoms with Gasteiger partial charge in [0.15, 0.2) is 10.3 Å². The third-order valence-electron chi connectivity index (χ3n) is 9.12. The summed E-state index contributed by atoms with van der Waals surface area (Å²) in [5, 5.41) is 18.5. The van der Waals surface area contributed by atoms with Crippen LogP contribution in [0.1, 0.15) is 38.4 Å². The van der Waals surface area contributed by atoms with Gasteiger partial charge in [-0.25, -0.2) is 28.3 Å². The molecule has 4 heterocycles. The molecule has 3 aromatic carbocycles. The topological polar surface area (TPSA) is 199 Å². The molecule has 1 atom stereocenters. The fourth-order valence-electron chi connectivity index (χ4n) is 6.21. The molecule has 16 nitrogen and oxygen atoms in total. The van der Waals surface area contributed by atoms with E-state index in [1.165, 1.54) is 28.8 Å². The lowest BCUT2D eigenvalue weighted by molar-refractivity contribution is -0.729. The SMILES string of the molecule is CN(C)CC[C@H](COc1ccccc1)Nc1ccc(S(=O)(=O)NC(=O)c2csc(N3CCc4cccc(C(=O)Nc5nc6ccncc6s5)c4C3)n2)cc1[N+](=O)O. The first-order valence-electron chi connectivity index (χ1n) is 17.7. The fraction of sp³-hybridized carbons (Fsp3) is 0.237. The maximum Gasteiger partial charge on any atom is 0.340 e. The maximum atomic E-state index is 13.5. The van der Waals surface area contributed by atoms with Crippen LogP contribution in [-0.2, 0) is 23.0 Å². The van der Waals surface area contributed by atoms with E-state index in [1.54, 1.807) is 24.5 Å². The van der Waals surface area contributed by atoms with Crippen molar-refractivity contribution in [2.75, 3.05) is 49.3 Å². The number of benzene rings is 3. The highest BCUT2D eigenvalue weighted by atomic mass is 32.2. The monoisotopic (exact) mass is 828 g/mol.